The Labute approximate surface area is 107 Å². The molecule has 0 N–H and O–H groups in total. The van der Waals surface area contributed by atoms with Crippen LogP contribution in [0.15, 0.2) is 43.0 Å². The molecule has 3 nitrogen and oxygen atoms in total. The minimum atomic E-state index is -0.221. The van der Waals surface area contributed by atoms with Crippen LogP contribution in [0.2, 0.25) is 0 Å². The average molecular weight is 243 g/mol. The van der Waals surface area contributed by atoms with Crippen molar-refractivity contribution in [3.05, 3.63) is 48.6 Å². The molecular formula is C15H17NO2. The fraction of sp³-hybridized carbons (Fsp3) is 0.400. The van der Waals surface area contributed by atoms with Gasteiger partial charge in [0.25, 0.3) is 0 Å². The molecule has 0 spiro atoms. The first-order valence-corrected chi connectivity index (χ1v) is 6.36. The summed E-state index contributed by atoms with van der Waals surface area (Å²) in [4.78, 5) is 14.1. The van der Waals surface area contributed by atoms with E-state index in [1.54, 1.807) is 0 Å². The van der Waals surface area contributed by atoms with Gasteiger partial charge in [0.1, 0.15) is 0 Å². The summed E-state index contributed by atoms with van der Waals surface area (Å²) in [6.45, 7) is 4.42. The van der Waals surface area contributed by atoms with E-state index in [4.69, 9.17) is 4.74 Å². The van der Waals surface area contributed by atoms with Crippen LogP contribution < -0.4 is 0 Å². The topological polar surface area (TPSA) is 29.5 Å². The van der Waals surface area contributed by atoms with E-state index in [0.29, 0.717) is 13.0 Å². The molecule has 2 heterocycles. The fourth-order valence-corrected chi connectivity index (χ4v) is 3.07. The summed E-state index contributed by atoms with van der Waals surface area (Å²) in [6.07, 6.45) is 3.98. The Hall–Kier alpha value is -1.61. The summed E-state index contributed by atoms with van der Waals surface area (Å²) in [5.74, 6) is 0.197. The molecule has 0 aliphatic carbocycles. The Kier molecular flexibility index (Phi) is 2.71. The van der Waals surface area contributed by atoms with Gasteiger partial charge in [0.2, 0.25) is 5.91 Å². The van der Waals surface area contributed by atoms with E-state index in [-0.39, 0.29) is 17.7 Å². The molecule has 0 aromatic heterocycles. The molecule has 3 rings (SSSR count). The molecule has 0 saturated carbocycles. The molecule has 18 heavy (non-hydrogen) atoms. The molecule has 0 unspecified atom stereocenters. The van der Waals surface area contributed by atoms with Gasteiger partial charge >= 0.3 is 0 Å². The number of nitrogens with zero attached hydrogens (tertiary/aromatic N) is 1. The normalized spacial score (nSPS) is 30.6. The minimum absolute atomic E-state index is 0.153. The van der Waals surface area contributed by atoms with Crippen LogP contribution in [0.1, 0.15) is 31.1 Å². The van der Waals surface area contributed by atoms with Crippen LogP contribution in [-0.2, 0) is 9.53 Å². The van der Waals surface area contributed by atoms with Gasteiger partial charge < -0.3 is 9.64 Å². The summed E-state index contributed by atoms with van der Waals surface area (Å²) < 4.78 is 5.89. The van der Waals surface area contributed by atoms with Gasteiger partial charge in [-0.3, -0.25) is 4.79 Å². The monoisotopic (exact) mass is 243 g/mol. The Morgan fingerprint density at radius 2 is 2.22 bits per heavy atom. The van der Waals surface area contributed by atoms with Gasteiger partial charge in [-0.1, -0.05) is 36.4 Å². The highest BCUT2D eigenvalue weighted by atomic mass is 16.5. The number of benzene rings is 1. The van der Waals surface area contributed by atoms with Crippen LogP contribution >= 0.6 is 0 Å². The predicted molar refractivity (Wildman–Crippen MR) is 68.8 cm³/mol. The first-order chi connectivity index (χ1) is 8.77. The van der Waals surface area contributed by atoms with Crippen molar-refractivity contribution >= 4 is 5.91 Å². The van der Waals surface area contributed by atoms with Crippen molar-refractivity contribution in [1.29, 1.82) is 0 Å². The van der Waals surface area contributed by atoms with Crippen molar-refractivity contribution in [1.82, 2.24) is 4.90 Å². The molecule has 2 atom stereocenters. The lowest BCUT2D eigenvalue weighted by molar-refractivity contribution is -0.135. The van der Waals surface area contributed by atoms with Gasteiger partial charge in [0.15, 0.2) is 6.23 Å². The van der Waals surface area contributed by atoms with E-state index in [1.807, 2.05) is 41.3 Å². The maximum absolute atomic E-state index is 12.1. The number of fused-ring (bicyclic) bond motifs is 1. The second kappa shape index (κ2) is 4.25. The maximum atomic E-state index is 12.1. The number of carbonyl (C=O) groups excluding carboxylic acids is 1. The van der Waals surface area contributed by atoms with Gasteiger partial charge in [-0.15, -0.1) is 6.58 Å². The third kappa shape index (κ3) is 1.58. The second-order valence-corrected chi connectivity index (χ2v) is 5.05. The number of rotatable bonds is 3. The molecular weight excluding hydrogens is 226 g/mol. The molecule has 2 aliphatic rings. The molecule has 2 fully saturated rings. The quantitative estimate of drug-likeness (QED) is 0.764. The van der Waals surface area contributed by atoms with E-state index in [9.17, 15) is 4.79 Å². The van der Waals surface area contributed by atoms with Crippen LogP contribution in [0.3, 0.4) is 0 Å². The van der Waals surface area contributed by atoms with Gasteiger partial charge in [-0.05, 0) is 12.8 Å². The van der Waals surface area contributed by atoms with Crippen LogP contribution in [0.25, 0.3) is 0 Å². The molecule has 2 aliphatic heterocycles. The standard InChI is InChI=1S/C15H17NO2/c1-2-9-15-10-8-13(17)16(15)14(18-11-15)12-6-4-3-5-7-12/h2-7,14H,1,8-11H2/t14-,15+/m1/s1. The summed E-state index contributed by atoms with van der Waals surface area (Å²) in [5, 5.41) is 0. The van der Waals surface area contributed by atoms with Crippen molar-refractivity contribution in [2.24, 2.45) is 0 Å². The van der Waals surface area contributed by atoms with Crippen molar-refractivity contribution in [2.45, 2.75) is 31.0 Å². The van der Waals surface area contributed by atoms with Gasteiger partial charge in [-0.2, -0.15) is 0 Å². The SMILES string of the molecule is C=CC[C@@]12CCC(=O)N1[C@@H](c1ccccc1)OC2. The Bertz CT molecular complexity index is 471. The van der Waals surface area contributed by atoms with E-state index < -0.39 is 0 Å². The highest BCUT2D eigenvalue weighted by Crippen LogP contribution is 2.46. The molecule has 0 bridgehead atoms. The molecule has 2 saturated heterocycles. The third-order valence-corrected chi connectivity index (χ3v) is 3.94. The molecule has 3 heteroatoms. The predicted octanol–water partition coefficient (Wildman–Crippen LogP) is 2.65. The number of amides is 1. The summed E-state index contributed by atoms with van der Waals surface area (Å²) in [7, 11) is 0. The van der Waals surface area contributed by atoms with Crippen molar-refractivity contribution in [3.8, 4) is 0 Å². The summed E-state index contributed by atoms with van der Waals surface area (Å²) in [6, 6.07) is 9.96. The number of hydrogen-bond acceptors (Lipinski definition) is 2. The highest BCUT2D eigenvalue weighted by Gasteiger charge is 2.53. The van der Waals surface area contributed by atoms with Gasteiger partial charge in [0, 0.05) is 12.0 Å². The Morgan fingerprint density at radius 1 is 1.44 bits per heavy atom. The zero-order valence-corrected chi connectivity index (χ0v) is 10.3. The lowest BCUT2D eigenvalue weighted by Crippen LogP contribution is -2.42. The Morgan fingerprint density at radius 3 is 2.94 bits per heavy atom. The van der Waals surface area contributed by atoms with E-state index >= 15 is 0 Å². The third-order valence-electron chi connectivity index (χ3n) is 3.94. The zero-order chi connectivity index (χ0) is 12.6. The first-order valence-electron chi connectivity index (χ1n) is 6.36. The van der Waals surface area contributed by atoms with Crippen LogP contribution in [-0.4, -0.2) is 23.0 Å². The van der Waals surface area contributed by atoms with E-state index in [1.165, 1.54) is 0 Å². The van der Waals surface area contributed by atoms with Gasteiger partial charge in [-0.25, -0.2) is 0 Å². The highest BCUT2D eigenvalue weighted by molar-refractivity contribution is 5.80. The van der Waals surface area contributed by atoms with Crippen LogP contribution in [0, 0.1) is 0 Å². The van der Waals surface area contributed by atoms with Crippen molar-refractivity contribution in [3.63, 3.8) is 0 Å². The maximum Gasteiger partial charge on any atom is 0.225 e. The smallest absolute Gasteiger partial charge is 0.225 e. The molecule has 0 radical (unpaired) electrons. The summed E-state index contributed by atoms with van der Waals surface area (Å²) >= 11 is 0. The lowest BCUT2D eigenvalue weighted by atomic mass is 9.93. The summed E-state index contributed by atoms with van der Waals surface area (Å²) in [5.41, 5.74) is 0.901. The zero-order valence-electron chi connectivity index (χ0n) is 10.3. The van der Waals surface area contributed by atoms with Gasteiger partial charge in [0.05, 0.1) is 12.1 Å². The first kappa shape index (κ1) is 11.5. The molecule has 1 aromatic rings. The second-order valence-electron chi connectivity index (χ2n) is 5.05. The minimum Gasteiger partial charge on any atom is -0.351 e. The lowest BCUT2D eigenvalue weighted by Gasteiger charge is -2.31. The van der Waals surface area contributed by atoms with Crippen LogP contribution in [0.4, 0.5) is 0 Å². The largest absolute Gasteiger partial charge is 0.351 e. The van der Waals surface area contributed by atoms with E-state index in [2.05, 4.69) is 6.58 Å². The number of hydrogen-bond donors (Lipinski definition) is 0. The number of ether oxygens (including phenoxy) is 1. The molecule has 1 amide bonds. The van der Waals surface area contributed by atoms with Crippen LogP contribution in [0.5, 0.6) is 0 Å². The Balaban J connectivity index is 1.95. The fourth-order valence-electron chi connectivity index (χ4n) is 3.07. The molecule has 1 aromatic carbocycles. The molecule has 94 valence electrons. The van der Waals surface area contributed by atoms with Crippen molar-refractivity contribution in [2.75, 3.05) is 6.61 Å². The average Bonchev–Trinajstić information content (AvgIpc) is 2.91. The number of carbonyl (C=O) groups is 1. The van der Waals surface area contributed by atoms with Crippen molar-refractivity contribution < 1.29 is 9.53 Å². The van der Waals surface area contributed by atoms with E-state index in [0.717, 1.165) is 18.4 Å².